The molecule has 0 radical (unpaired) electrons. The van der Waals surface area contributed by atoms with E-state index in [2.05, 4.69) is 216 Å². The van der Waals surface area contributed by atoms with Crippen molar-refractivity contribution >= 4 is 60.8 Å². The summed E-state index contributed by atoms with van der Waals surface area (Å²) in [6.07, 6.45) is 0. The zero-order chi connectivity index (χ0) is 37.7. The Bertz CT molecular complexity index is 3190. The van der Waals surface area contributed by atoms with Gasteiger partial charge in [-0.25, -0.2) is 0 Å². The van der Waals surface area contributed by atoms with Crippen LogP contribution in [-0.2, 0) is 0 Å². The first-order chi connectivity index (χ1) is 28.3. The molecule has 0 atom stereocenters. The van der Waals surface area contributed by atoms with Crippen molar-refractivity contribution < 1.29 is 4.42 Å². The van der Waals surface area contributed by atoms with Crippen molar-refractivity contribution in [1.82, 2.24) is 4.57 Å². The van der Waals surface area contributed by atoms with Crippen LogP contribution in [0.15, 0.2) is 223 Å². The Hall–Kier alpha value is -7.62. The molecule has 0 unspecified atom stereocenters. The topological polar surface area (TPSA) is 21.3 Å². The van der Waals surface area contributed by atoms with Crippen LogP contribution >= 0.6 is 0 Å². The third-order valence-electron chi connectivity index (χ3n) is 11.2. The third kappa shape index (κ3) is 5.51. The Morgan fingerprint density at radius 3 is 1.70 bits per heavy atom. The highest BCUT2D eigenvalue weighted by Gasteiger charge is 2.20. The van der Waals surface area contributed by atoms with Crippen molar-refractivity contribution in [3.05, 3.63) is 218 Å². The van der Waals surface area contributed by atoms with Gasteiger partial charge in [0.15, 0.2) is 0 Å². The minimum atomic E-state index is 0.891. The standard InChI is InChI=1S/C54H36N2O/c1-2-16-37(17-3-1)42-20-4-9-26-48(42)55(41-19-14-18-39(36-41)44-25-15-31-53-54(44)47-24-8-13-30-52(47)57-53)40-34-32-38(33-35-40)43-21-5-10-27-49(43)56-50-28-11-6-22-45(50)46-23-7-12-29-51(46)56/h1-36H. The summed E-state index contributed by atoms with van der Waals surface area (Å²) in [6.45, 7) is 0. The van der Waals surface area contributed by atoms with E-state index in [1.165, 1.54) is 32.9 Å². The highest BCUT2D eigenvalue weighted by Crippen LogP contribution is 2.44. The van der Waals surface area contributed by atoms with Crippen molar-refractivity contribution in [2.75, 3.05) is 4.90 Å². The second-order valence-corrected chi connectivity index (χ2v) is 14.5. The van der Waals surface area contributed by atoms with E-state index in [1.54, 1.807) is 0 Å². The molecule has 0 saturated heterocycles. The Morgan fingerprint density at radius 2 is 0.912 bits per heavy atom. The summed E-state index contributed by atoms with van der Waals surface area (Å²) < 4.78 is 8.71. The smallest absolute Gasteiger partial charge is 0.136 e. The van der Waals surface area contributed by atoms with Gasteiger partial charge in [0.05, 0.1) is 22.4 Å². The Kier molecular flexibility index (Phi) is 7.82. The molecule has 0 aliphatic heterocycles. The molecule has 0 saturated carbocycles. The number of aromatic nitrogens is 1. The summed E-state index contributed by atoms with van der Waals surface area (Å²) in [5.41, 5.74) is 15.5. The first kappa shape index (κ1) is 32.8. The third-order valence-corrected chi connectivity index (χ3v) is 11.2. The molecule has 0 amide bonds. The van der Waals surface area contributed by atoms with Crippen molar-refractivity contribution in [2.24, 2.45) is 0 Å². The minimum Gasteiger partial charge on any atom is -0.456 e. The van der Waals surface area contributed by atoms with Crippen LogP contribution in [-0.4, -0.2) is 4.57 Å². The zero-order valence-corrected chi connectivity index (χ0v) is 31.1. The maximum Gasteiger partial charge on any atom is 0.136 e. The molecule has 3 nitrogen and oxygen atoms in total. The molecule has 9 aromatic carbocycles. The number of nitrogens with zero attached hydrogens (tertiary/aromatic N) is 2. The van der Waals surface area contributed by atoms with Gasteiger partial charge in [-0.05, 0) is 82.9 Å². The Balaban J connectivity index is 1.07. The molecule has 11 aromatic rings. The number of furan rings is 1. The van der Waals surface area contributed by atoms with Crippen LogP contribution < -0.4 is 4.90 Å². The number of fused-ring (bicyclic) bond motifs is 6. The largest absolute Gasteiger partial charge is 0.456 e. The highest BCUT2D eigenvalue weighted by atomic mass is 16.3. The summed E-state index contributed by atoms with van der Waals surface area (Å²) in [7, 11) is 0. The summed E-state index contributed by atoms with van der Waals surface area (Å²) in [5.74, 6) is 0. The lowest BCUT2D eigenvalue weighted by Crippen LogP contribution is -2.11. The van der Waals surface area contributed by atoms with E-state index in [0.29, 0.717) is 0 Å². The van der Waals surface area contributed by atoms with E-state index in [9.17, 15) is 0 Å². The summed E-state index contributed by atoms with van der Waals surface area (Å²) >= 11 is 0. The Morgan fingerprint density at radius 1 is 0.351 bits per heavy atom. The van der Waals surface area contributed by atoms with Gasteiger partial charge in [0.25, 0.3) is 0 Å². The number of anilines is 3. The SMILES string of the molecule is c1ccc(-c2ccccc2N(c2ccc(-c3ccccc3-n3c4ccccc4c4ccccc43)cc2)c2cccc(-c3cccc4oc5ccccc5c34)c2)cc1. The molecule has 0 fully saturated rings. The second-order valence-electron chi connectivity index (χ2n) is 14.5. The summed E-state index contributed by atoms with van der Waals surface area (Å²) in [6, 6.07) is 78.1. The van der Waals surface area contributed by atoms with Crippen LogP contribution in [0.1, 0.15) is 0 Å². The predicted molar refractivity (Wildman–Crippen MR) is 239 cm³/mol. The second kappa shape index (κ2) is 13.6. The van der Waals surface area contributed by atoms with Gasteiger partial charge in [0, 0.05) is 44.0 Å². The number of benzene rings is 9. The summed E-state index contributed by atoms with van der Waals surface area (Å²) in [5, 5.41) is 4.76. The predicted octanol–water partition coefficient (Wildman–Crippen LogP) is 15.2. The molecular formula is C54H36N2O. The fraction of sp³-hybridized carbons (Fsp3) is 0. The molecule has 11 rings (SSSR count). The van der Waals surface area contributed by atoms with Crippen molar-refractivity contribution in [2.45, 2.75) is 0 Å². The van der Waals surface area contributed by atoms with Crippen LogP contribution in [0.5, 0.6) is 0 Å². The lowest BCUT2D eigenvalue weighted by molar-refractivity contribution is 0.669. The van der Waals surface area contributed by atoms with Crippen LogP contribution in [0.3, 0.4) is 0 Å². The molecule has 0 aliphatic rings. The fourth-order valence-corrected chi connectivity index (χ4v) is 8.67. The molecule has 268 valence electrons. The monoisotopic (exact) mass is 728 g/mol. The van der Waals surface area contributed by atoms with Gasteiger partial charge >= 0.3 is 0 Å². The van der Waals surface area contributed by atoms with Gasteiger partial charge in [-0.1, -0.05) is 158 Å². The molecule has 57 heavy (non-hydrogen) atoms. The van der Waals surface area contributed by atoms with Gasteiger partial charge in [-0.3, -0.25) is 0 Å². The molecule has 0 spiro atoms. The van der Waals surface area contributed by atoms with Gasteiger partial charge in [-0.2, -0.15) is 0 Å². The van der Waals surface area contributed by atoms with E-state index in [1.807, 2.05) is 12.1 Å². The Labute approximate surface area is 330 Å². The van der Waals surface area contributed by atoms with Crippen molar-refractivity contribution in [3.8, 4) is 39.1 Å². The number of hydrogen-bond acceptors (Lipinski definition) is 2. The van der Waals surface area contributed by atoms with Crippen LogP contribution in [0.2, 0.25) is 0 Å². The van der Waals surface area contributed by atoms with Crippen molar-refractivity contribution in [3.63, 3.8) is 0 Å². The first-order valence-electron chi connectivity index (χ1n) is 19.4. The molecule has 0 aliphatic carbocycles. The number of para-hydroxylation sites is 5. The quantitative estimate of drug-likeness (QED) is 0.163. The van der Waals surface area contributed by atoms with Gasteiger partial charge in [-0.15, -0.1) is 0 Å². The average molecular weight is 729 g/mol. The molecule has 3 heteroatoms. The number of rotatable bonds is 7. The molecule has 0 bridgehead atoms. The first-order valence-corrected chi connectivity index (χ1v) is 19.4. The normalized spacial score (nSPS) is 11.5. The van der Waals surface area contributed by atoms with E-state index in [4.69, 9.17) is 4.42 Å². The number of hydrogen-bond donors (Lipinski definition) is 0. The molecular weight excluding hydrogens is 693 g/mol. The van der Waals surface area contributed by atoms with Gasteiger partial charge in [0.2, 0.25) is 0 Å². The minimum absolute atomic E-state index is 0.891. The fourth-order valence-electron chi connectivity index (χ4n) is 8.67. The molecule has 2 heterocycles. The average Bonchev–Trinajstić information content (AvgIpc) is 3.83. The van der Waals surface area contributed by atoms with Gasteiger partial charge < -0.3 is 13.9 Å². The van der Waals surface area contributed by atoms with E-state index < -0.39 is 0 Å². The lowest BCUT2D eigenvalue weighted by Gasteiger charge is -2.28. The van der Waals surface area contributed by atoms with Crippen LogP contribution in [0, 0.1) is 0 Å². The molecule has 2 aromatic heterocycles. The summed E-state index contributed by atoms with van der Waals surface area (Å²) in [4.78, 5) is 2.39. The zero-order valence-electron chi connectivity index (χ0n) is 31.1. The van der Waals surface area contributed by atoms with E-state index in [0.717, 1.165) is 66.9 Å². The van der Waals surface area contributed by atoms with Crippen LogP contribution in [0.25, 0.3) is 82.8 Å². The van der Waals surface area contributed by atoms with E-state index in [-0.39, 0.29) is 0 Å². The highest BCUT2D eigenvalue weighted by molar-refractivity contribution is 6.13. The van der Waals surface area contributed by atoms with Gasteiger partial charge in [0.1, 0.15) is 11.2 Å². The molecule has 0 N–H and O–H groups in total. The van der Waals surface area contributed by atoms with Crippen molar-refractivity contribution in [1.29, 1.82) is 0 Å². The maximum absolute atomic E-state index is 6.31. The van der Waals surface area contributed by atoms with Crippen LogP contribution in [0.4, 0.5) is 17.1 Å². The van der Waals surface area contributed by atoms with E-state index >= 15 is 0 Å². The maximum atomic E-state index is 6.31. The lowest BCUT2D eigenvalue weighted by atomic mass is 9.97.